The SMILES string of the molecule is Cc1cccc(N(C)C(C)c2ccc(O)cc2)c1. The highest BCUT2D eigenvalue weighted by molar-refractivity contribution is 5.50. The van der Waals surface area contributed by atoms with E-state index in [0.29, 0.717) is 5.75 Å². The van der Waals surface area contributed by atoms with Gasteiger partial charge in [-0.15, -0.1) is 0 Å². The van der Waals surface area contributed by atoms with Gasteiger partial charge in [0.15, 0.2) is 0 Å². The minimum absolute atomic E-state index is 0.271. The van der Waals surface area contributed by atoms with Crippen molar-refractivity contribution in [3.63, 3.8) is 0 Å². The van der Waals surface area contributed by atoms with E-state index < -0.39 is 0 Å². The molecule has 0 saturated carbocycles. The average molecular weight is 241 g/mol. The Kier molecular flexibility index (Phi) is 3.56. The summed E-state index contributed by atoms with van der Waals surface area (Å²) in [4.78, 5) is 2.24. The van der Waals surface area contributed by atoms with E-state index in [9.17, 15) is 5.11 Å². The van der Waals surface area contributed by atoms with Crippen molar-refractivity contribution in [2.45, 2.75) is 19.9 Å². The molecule has 0 heterocycles. The van der Waals surface area contributed by atoms with Crippen LogP contribution in [0, 0.1) is 6.92 Å². The fraction of sp³-hybridized carbons (Fsp3) is 0.250. The molecule has 18 heavy (non-hydrogen) atoms. The first-order valence-electron chi connectivity index (χ1n) is 6.16. The number of aryl methyl sites for hydroxylation is 1. The Bertz CT molecular complexity index is 519. The van der Waals surface area contributed by atoms with Gasteiger partial charge in [-0.05, 0) is 49.2 Å². The summed E-state index contributed by atoms with van der Waals surface area (Å²) < 4.78 is 0. The van der Waals surface area contributed by atoms with Gasteiger partial charge in [0, 0.05) is 12.7 Å². The third-order valence-electron chi connectivity index (χ3n) is 3.37. The number of rotatable bonds is 3. The monoisotopic (exact) mass is 241 g/mol. The van der Waals surface area contributed by atoms with Crippen LogP contribution in [-0.2, 0) is 0 Å². The van der Waals surface area contributed by atoms with Gasteiger partial charge in [0.1, 0.15) is 5.75 Å². The normalized spacial score (nSPS) is 12.2. The first-order chi connectivity index (χ1) is 8.58. The molecule has 0 bridgehead atoms. The highest BCUT2D eigenvalue weighted by Crippen LogP contribution is 2.26. The van der Waals surface area contributed by atoms with Crippen LogP contribution in [0.2, 0.25) is 0 Å². The minimum atomic E-state index is 0.271. The highest BCUT2D eigenvalue weighted by atomic mass is 16.3. The molecule has 0 aliphatic rings. The van der Waals surface area contributed by atoms with Crippen LogP contribution in [-0.4, -0.2) is 12.2 Å². The van der Waals surface area contributed by atoms with Crippen molar-refractivity contribution in [2.75, 3.05) is 11.9 Å². The molecule has 2 aromatic carbocycles. The van der Waals surface area contributed by atoms with E-state index in [1.165, 1.54) is 16.8 Å². The molecule has 0 radical (unpaired) electrons. The molecule has 0 aliphatic carbocycles. The maximum atomic E-state index is 9.32. The van der Waals surface area contributed by atoms with E-state index in [2.05, 4.69) is 50.1 Å². The summed E-state index contributed by atoms with van der Waals surface area (Å²) in [5, 5.41) is 9.32. The predicted molar refractivity (Wildman–Crippen MR) is 76.1 cm³/mol. The van der Waals surface area contributed by atoms with Crippen molar-refractivity contribution in [2.24, 2.45) is 0 Å². The number of benzene rings is 2. The van der Waals surface area contributed by atoms with E-state index in [-0.39, 0.29) is 6.04 Å². The summed E-state index contributed by atoms with van der Waals surface area (Å²) in [7, 11) is 2.09. The van der Waals surface area contributed by atoms with Gasteiger partial charge < -0.3 is 10.0 Å². The molecule has 0 fully saturated rings. The third-order valence-corrected chi connectivity index (χ3v) is 3.37. The zero-order valence-corrected chi connectivity index (χ0v) is 11.1. The van der Waals surface area contributed by atoms with E-state index in [4.69, 9.17) is 0 Å². The average Bonchev–Trinajstić information content (AvgIpc) is 2.38. The molecule has 0 amide bonds. The van der Waals surface area contributed by atoms with Crippen LogP contribution in [0.4, 0.5) is 5.69 Å². The Morgan fingerprint density at radius 3 is 2.33 bits per heavy atom. The lowest BCUT2D eigenvalue weighted by molar-refractivity contribution is 0.475. The molecule has 2 nitrogen and oxygen atoms in total. The summed E-state index contributed by atoms with van der Waals surface area (Å²) in [5.74, 6) is 0.309. The van der Waals surface area contributed by atoms with Gasteiger partial charge in [0.2, 0.25) is 0 Å². The van der Waals surface area contributed by atoms with Crippen LogP contribution in [0.1, 0.15) is 24.1 Å². The molecule has 0 aliphatic heterocycles. The molecule has 1 atom stereocenters. The molecular formula is C16H19NO. The third kappa shape index (κ3) is 2.65. The summed E-state index contributed by atoms with van der Waals surface area (Å²) in [6.45, 7) is 4.26. The number of hydrogen-bond acceptors (Lipinski definition) is 2. The molecular weight excluding hydrogens is 222 g/mol. The van der Waals surface area contributed by atoms with Crippen molar-refractivity contribution in [1.82, 2.24) is 0 Å². The molecule has 1 N–H and O–H groups in total. The molecule has 2 aromatic rings. The van der Waals surface area contributed by atoms with Gasteiger partial charge in [-0.1, -0.05) is 24.3 Å². The Hall–Kier alpha value is -1.96. The number of hydrogen-bond donors (Lipinski definition) is 1. The first-order valence-corrected chi connectivity index (χ1v) is 6.16. The Morgan fingerprint density at radius 2 is 1.72 bits per heavy atom. The van der Waals surface area contributed by atoms with Crippen molar-refractivity contribution in [3.05, 3.63) is 59.7 Å². The lowest BCUT2D eigenvalue weighted by atomic mass is 10.1. The molecule has 94 valence electrons. The lowest BCUT2D eigenvalue weighted by Gasteiger charge is -2.27. The van der Waals surface area contributed by atoms with Crippen LogP contribution in [0.15, 0.2) is 48.5 Å². The van der Waals surface area contributed by atoms with Gasteiger partial charge in [-0.2, -0.15) is 0 Å². The molecule has 0 saturated heterocycles. The van der Waals surface area contributed by atoms with E-state index in [0.717, 1.165) is 0 Å². The van der Waals surface area contributed by atoms with Gasteiger partial charge >= 0.3 is 0 Å². The molecule has 2 heteroatoms. The van der Waals surface area contributed by atoms with Crippen LogP contribution >= 0.6 is 0 Å². The van der Waals surface area contributed by atoms with Crippen molar-refractivity contribution >= 4 is 5.69 Å². The second-order valence-electron chi connectivity index (χ2n) is 4.72. The van der Waals surface area contributed by atoms with Gasteiger partial charge in [0.25, 0.3) is 0 Å². The molecule has 0 spiro atoms. The number of anilines is 1. The standard InChI is InChI=1S/C16H19NO/c1-12-5-4-6-15(11-12)17(3)13(2)14-7-9-16(18)10-8-14/h4-11,13,18H,1-3H3. The fourth-order valence-corrected chi connectivity index (χ4v) is 2.05. The maximum absolute atomic E-state index is 9.32. The van der Waals surface area contributed by atoms with Crippen molar-refractivity contribution in [1.29, 1.82) is 0 Å². The Balaban J connectivity index is 2.23. The first kappa shape index (κ1) is 12.5. The predicted octanol–water partition coefficient (Wildman–Crippen LogP) is 3.90. The number of nitrogens with zero attached hydrogens (tertiary/aromatic N) is 1. The molecule has 2 rings (SSSR count). The summed E-state index contributed by atoms with van der Waals surface area (Å²) in [6, 6.07) is 16.1. The van der Waals surface area contributed by atoms with Gasteiger partial charge in [0.05, 0.1) is 6.04 Å². The number of phenols is 1. The fourth-order valence-electron chi connectivity index (χ4n) is 2.05. The van der Waals surface area contributed by atoms with Crippen LogP contribution in [0.25, 0.3) is 0 Å². The zero-order chi connectivity index (χ0) is 13.1. The Labute approximate surface area is 109 Å². The van der Waals surface area contributed by atoms with Crippen molar-refractivity contribution in [3.8, 4) is 5.75 Å². The lowest BCUT2D eigenvalue weighted by Crippen LogP contribution is -2.21. The van der Waals surface area contributed by atoms with E-state index in [1.807, 2.05) is 12.1 Å². The second kappa shape index (κ2) is 5.13. The number of aromatic hydroxyl groups is 1. The summed E-state index contributed by atoms with van der Waals surface area (Å²) in [6.07, 6.45) is 0. The molecule has 1 unspecified atom stereocenters. The number of phenolic OH excluding ortho intramolecular Hbond substituents is 1. The molecule has 0 aromatic heterocycles. The van der Waals surface area contributed by atoms with E-state index in [1.54, 1.807) is 12.1 Å². The highest BCUT2D eigenvalue weighted by Gasteiger charge is 2.12. The van der Waals surface area contributed by atoms with Crippen LogP contribution in [0.5, 0.6) is 5.75 Å². The van der Waals surface area contributed by atoms with E-state index >= 15 is 0 Å². The smallest absolute Gasteiger partial charge is 0.115 e. The topological polar surface area (TPSA) is 23.5 Å². The minimum Gasteiger partial charge on any atom is -0.508 e. The maximum Gasteiger partial charge on any atom is 0.115 e. The van der Waals surface area contributed by atoms with Crippen LogP contribution < -0.4 is 4.90 Å². The largest absolute Gasteiger partial charge is 0.508 e. The zero-order valence-electron chi connectivity index (χ0n) is 11.1. The van der Waals surface area contributed by atoms with Gasteiger partial charge in [-0.3, -0.25) is 0 Å². The summed E-state index contributed by atoms with van der Waals surface area (Å²) >= 11 is 0. The van der Waals surface area contributed by atoms with Crippen molar-refractivity contribution < 1.29 is 5.11 Å². The second-order valence-corrected chi connectivity index (χ2v) is 4.72. The van der Waals surface area contributed by atoms with Crippen LogP contribution in [0.3, 0.4) is 0 Å². The Morgan fingerprint density at radius 1 is 1.06 bits per heavy atom. The quantitative estimate of drug-likeness (QED) is 0.881. The summed E-state index contributed by atoms with van der Waals surface area (Å²) in [5.41, 5.74) is 3.66. The van der Waals surface area contributed by atoms with Gasteiger partial charge in [-0.25, -0.2) is 0 Å².